The smallest absolute Gasteiger partial charge is 0.315 e. The average molecular weight is 333 g/mol. The maximum Gasteiger partial charge on any atom is 0.315 e. The summed E-state index contributed by atoms with van der Waals surface area (Å²) in [5, 5.41) is 15.2. The third-order valence-electron chi connectivity index (χ3n) is 4.66. The number of carbonyl (C=O) groups excluding carboxylic acids is 1. The van der Waals surface area contributed by atoms with E-state index in [-0.39, 0.29) is 18.7 Å². The number of piperidine rings is 1. The van der Waals surface area contributed by atoms with Crippen LogP contribution in [0.5, 0.6) is 0 Å². The lowest BCUT2D eigenvalue weighted by molar-refractivity contribution is 0.225. The molecule has 24 heavy (non-hydrogen) atoms. The number of amides is 2. The third-order valence-corrected chi connectivity index (χ3v) is 4.66. The summed E-state index contributed by atoms with van der Waals surface area (Å²) >= 11 is 0. The third kappa shape index (κ3) is 6.04. The van der Waals surface area contributed by atoms with E-state index in [1.54, 1.807) is 0 Å². The van der Waals surface area contributed by atoms with Gasteiger partial charge < -0.3 is 20.6 Å². The molecule has 0 aliphatic carbocycles. The van der Waals surface area contributed by atoms with Crippen LogP contribution in [0.25, 0.3) is 0 Å². The summed E-state index contributed by atoms with van der Waals surface area (Å²) in [6.45, 7) is 4.84. The summed E-state index contributed by atoms with van der Waals surface area (Å²) in [5.41, 5.74) is 1.22. The number of hydrogen-bond donors (Lipinski definition) is 3. The molecule has 1 fully saturated rings. The number of para-hydroxylation sites is 1. The molecule has 2 rings (SSSR count). The van der Waals surface area contributed by atoms with Crippen molar-refractivity contribution in [1.29, 1.82) is 0 Å². The molecular formula is C19H31N3O2. The van der Waals surface area contributed by atoms with Crippen molar-refractivity contribution in [2.45, 2.75) is 45.1 Å². The fourth-order valence-electron chi connectivity index (χ4n) is 3.38. The van der Waals surface area contributed by atoms with Gasteiger partial charge in [-0.15, -0.1) is 0 Å². The topological polar surface area (TPSA) is 64.6 Å². The molecule has 1 aromatic carbocycles. The second-order valence-corrected chi connectivity index (χ2v) is 6.64. The molecular weight excluding hydrogens is 302 g/mol. The maximum absolute atomic E-state index is 12.2. The van der Waals surface area contributed by atoms with E-state index in [4.69, 9.17) is 5.11 Å². The summed E-state index contributed by atoms with van der Waals surface area (Å²) in [7, 11) is 0. The Kier molecular flexibility index (Phi) is 7.89. The first-order valence-electron chi connectivity index (χ1n) is 9.18. The van der Waals surface area contributed by atoms with Crippen LogP contribution < -0.4 is 15.5 Å². The lowest BCUT2D eigenvalue weighted by atomic mass is 10.0. The van der Waals surface area contributed by atoms with Crippen LogP contribution in [0.4, 0.5) is 10.5 Å². The number of rotatable bonds is 8. The highest BCUT2D eigenvalue weighted by Gasteiger charge is 2.21. The first kappa shape index (κ1) is 18.6. The van der Waals surface area contributed by atoms with Crippen molar-refractivity contribution in [3.8, 4) is 0 Å². The van der Waals surface area contributed by atoms with Gasteiger partial charge in [0.25, 0.3) is 0 Å². The van der Waals surface area contributed by atoms with E-state index >= 15 is 0 Å². The number of aliphatic hydroxyl groups is 1. The van der Waals surface area contributed by atoms with Gasteiger partial charge in [-0.05, 0) is 43.7 Å². The SMILES string of the molecule is CCCC(CCO)CNC(=O)NC1CCCN(c2ccccc2)C1. The van der Waals surface area contributed by atoms with E-state index in [2.05, 4.69) is 34.6 Å². The second kappa shape index (κ2) is 10.2. The lowest BCUT2D eigenvalue weighted by Gasteiger charge is -2.34. The predicted molar refractivity (Wildman–Crippen MR) is 98.3 cm³/mol. The highest BCUT2D eigenvalue weighted by Crippen LogP contribution is 2.19. The molecule has 1 aromatic rings. The number of nitrogens with one attached hydrogen (secondary N) is 2. The van der Waals surface area contributed by atoms with Gasteiger partial charge in [0.05, 0.1) is 0 Å². The highest BCUT2D eigenvalue weighted by molar-refractivity contribution is 5.74. The number of nitrogens with zero attached hydrogens (tertiary/aromatic N) is 1. The minimum Gasteiger partial charge on any atom is -0.396 e. The molecule has 0 aromatic heterocycles. The molecule has 5 nitrogen and oxygen atoms in total. The second-order valence-electron chi connectivity index (χ2n) is 6.64. The Hall–Kier alpha value is -1.75. The number of aliphatic hydroxyl groups excluding tert-OH is 1. The molecule has 134 valence electrons. The van der Waals surface area contributed by atoms with E-state index in [0.717, 1.165) is 45.2 Å². The molecule has 1 aliphatic rings. The van der Waals surface area contributed by atoms with Gasteiger partial charge in [-0.2, -0.15) is 0 Å². The Morgan fingerprint density at radius 3 is 2.83 bits per heavy atom. The first-order chi connectivity index (χ1) is 11.7. The zero-order valence-electron chi connectivity index (χ0n) is 14.7. The lowest BCUT2D eigenvalue weighted by Crippen LogP contribution is -2.51. The fourth-order valence-corrected chi connectivity index (χ4v) is 3.38. The molecule has 2 atom stereocenters. The van der Waals surface area contributed by atoms with Crippen LogP contribution in [0.1, 0.15) is 39.0 Å². The zero-order chi connectivity index (χ0) is 17.2. The maximum atomic E-state index is 12.2. The average Bonchev–Trinajstić information content (AvgIpc) is 2.61. The van der Waals surface area contributed by atoms with Crippen LogP contribution in [0.3, 0.4) is 0 Å². The summed E-state index contributed by atoms with van der Waals surface area (Å²) < 4.78 is 0. The monoisotopic (exact) mass is 333 g/mol. The fraction of sp³-hybridized carbons (Fsp3) is 0.632. The predicted octanol–water partition coefficient (Wildman–Crippen LogP) is 2.75. The summed E-state index contributed by atoms with van der Waals surface area (Å²) in [6, 6.07) is 10.5. The molecule has 2 unspecified atom stereocenters. The van der Waals surface area contributed by atoms with Gasteiger partial charge in [-0.1, -0.05) is 31.5 Å². The highest BCUT2D eigenvalue weighted by atomic mass is 16.3. The molecule has 3 N–H and O–H groups in total. The van der Waals surface area contributed by atoms with Gasteiger partial charge in [0, 0.05) is 38.0 Å². The summed E-state index contributed by atoms with van der Waals surface area (Å²) in [5.74, 6) is 0.359. The zero-order valence-corrected chi connectivity index (χ0v) is 14.7. The first-order valence-corrected chi connectivity index (χ1v) is 9.18. The Morgan fingerprint density at radius 1 is 1.33 bits per heavy atom. The molecule has 1 aliphatic heterocycles. The molecule has 0 spiro atoms. The molecule has 0 bridgehead atoms. The van der Waals surface area contributed by atoms with Crippen LogP contribution in [0, 0.1) is 5.92 Å². The largest absolute Gasteiger partial charge is 0.396 e. The number of anilines is 1. The number of urea groups is 1. The van der Waals surface area contributed by atoms with E-state index < -0.39 is 0 Å². The molecule has 2 amide bonds. The van der Waals surface area contributed by atoms with E-state index in [0.29, 0.717) is 12.5 Å². The Morgan fingerprint density at radius 2 is 2.12 bits per heavy atom. The van der Waals surface area contributed by atoms with Crippen molar-refractivity contribution in [3.05, 3.63) is 30.3 Å². The molecule has 1 saturated heterocycles. The van der Waals surface area contributed by atoms with Crippen molar-refractivity contribution >= 4 is 11.7 Å². The number of carbonyl (C=O) groups is 1. The van der Waals surface area contributed by atoms with Crippen LogP contribution in [0.15, 0.2) is 30.3 Å². The molecule has 5 heteroatoms. The van der Waals surface area contributed by atoms with E-state index in [1.165, 1.54) is 5.69 Å². The van der Waals surface area contributed by atoms with Crippen molar-refractivity contribution in [2.75, 3.05) is 31.1 Å². The molecule has 0 radical (unpaired) electrons. The quantitative estimate of drug-likeness (QED) is 0.685. The molecule has 1 heterocycles. The summed E-state index contributed by atoms with van der Waals surface area (Å²) in [4.78, 5) is 14.5. The molecule has 0 saturated carbocycles. The Labute approximate surface area is 145 Å². The van der Waals surface area contributed by atoms with Crippen LogP contribution in [0.2, 0.25) is 0 Å². The minimum atomic E-state index is -0.0889. The Bertz CT molecular complexity index is 475. The van der Waals surface area contributed by atoms with Gasteiger partial charge >= 0.3 is 6.03 Å². The number of hydrogen-bond acceptors (Lipinski definition) is 3. The van der Waals surface area contributed by atoms with Crippen LogP contribution in [-0.2, 0) is 0 Å². The van der Waals surface area contributed by atoms with E-state index in [1.807, 2.05) is 18.2 Å². The summed E-state index contributed by atoms with van der Waals surface area (Å²) in [6.07, 6.45) is 4.96. The van der Waals surface area contributed by atoms with E-state index in [9.17, 15) is 4.79 Å². The normalized spacial score (nSPS) is 18.9. The van der Waals surface area contributed by atoms with Crippen molar-refractivity contribution in [2.24, 2.45) is 5.92 Å². The number of benzene rings is 1. The van der Waals surface area contributed by atoms with Crippen molar-refractivity contribution in [3.63, 3.8) is 0 Å². The standard InChI is InChI=1S/C19H31N3O2/c1-2-7-16(11-13-23)14-20-19(24)21-17-8-6-12-22(15-17)18-9-4-3-5-10-18/h3-5,9-10,16-17,23H,2,6-8,11-15H2,1H3,(H2,20,21,24). The van der Waals surface area contributed by atoms with Gasteiger partial charge in [-0.25, -0.2) is 4.79 Å². The van der Waals surface area contributed by atoms with Gasteiger partial charge in [-0.3, -0.25) is 0 Å². The minimum absolute atomic E-state index is 0.0889. The van der Waals surface area contributed by atoms with Crippen molar-refractivity contribution < 1.29 is 9.90 Å². The van der Waals surface area contributed by atoms with Crippen LogP contribution in [-0.4, -0.2) is 43.4 Å². The van der Waals surface area contributed by atoms with Crippen LogP contribution >= 0.6 is 0 Å². The van der Waals surface area contributed by atoms with Gasteiger partial charge in [0.2, 0.25) is 0 Å². The van der Waals surface area contributed by atoms with Crippen molar-refractivity contribution in [1.82, 2.24) is 10.6 Å². The van der Waals surface area contributed by atoms with Gasteiger partial charge in [0.15, 0.2) is 0 Å². The Balaban J connectivity index is 1.76. The van der Waals surface area contributed by atoms with Gasteiger partial charge in [0.1, 0.15) is 0 Å².